The van der Waals surface area contributed by atoms with Crippen molar-refractivity contribution in [1.82, 2.24) is 9.88 Å². The Morgan fingerprint density at radius 2 is 2.00 bits per heavy atom. The molecule has 1 aromatic rings. The average Bonchev–Trinajstić information content (AvgIpc) is 2.20. The molecule has 0 unspecified atom stereocenters. The summed E-state index contributed by atoms with van der Waals surface area (Å²) in [6.45, 7) is 1.85. The summed E-state index contributed by atoms with van der Waals surface area (Å²) in [6.07, 6.45) is -5.02. The molecule has 1 heterocycles. The molecule has 1 N–H and O–H groups in total. The maximum absolute atomic E-state index is 12.0. The monoisotopic (exact) mass is 248 g/mol. The van der Waals surface area contributed by atoms with Gasteiger partial charge in [0, 0.05) is 18.8 Å². The molecule has 96 valence electrons. The van der Waals surface area contributed by atoms with E-state index in [0.29, 0.717) is 5.69 Å². The van der Waals surface area contributed by atoms with Crippen LogP contribution in [0.1, 0.15) is 17.8 Å². The smallest absolute Gasteiger partial charge is 0.390 e. The van der Waals surface area contributed by atoms with E-state index >= 15 is 0 Å². The van der Waals surface area contributed by atoms with Gasteiger partial charge >= 0.3 is 6.18 Å². The Hall–Kier alpha value is -1.30. The molecule has 0 atom stereocenters. The van der Waals surface area contributed by atoms with Crippen molar-refractivity contribution in [3.8, 4) is 5.75 Å². The van der Waals surface area contributed by atoms with Gasteiger partial charge in [-0.05, 0) is 26.1 Å². The number of rotatable bonds is 4. The van der Waals surface area contributed by atoms with Crippen LogP contribution in [0.15, 0.2) is 12.1 Å². The predicted octanol–water partition coefficient (Wildman–Crippen LogP) is 2.48. The number of alkyl halides is 3. The molecule has 1 aromatic heterocycles. The summed E-state index contributed by atoms with van der Waals surface area (Å²) in [5.74, 6) is 0.00876. The maximum Gasteiger partial charge on any atom is 0.390 e. The quantitative estimate of drug-likeness (QED) is 0.889. The first-order valence-electron chi connectivity index (χ1n) is 5.19. The van der Waals surface area contributed by atoms with Gasteiger partial charge in [0.25, 0.3) is 0 Å². The van der Waals surface area contributed by atoms with Crippen LogP contribution in [-0.2, 0) is 6.54 Å². The highest BCUT2D eigenvalue weighted by molar-refractivity contribution is 5.27. The fourth-order valence-corrected chi connectivity index (χ4v) is 1.37. The summed E-state index contributed by atoms with van der Waals surface area (Å²) in [5, 5.41) is 9.50. The fourth-order valence-electron chi connectivity index (χ4n) is 1.37. The van der Waals surface area contributed by atoms with E-state index in [1.165, 1.54) is 11.0 Å². The zero-order valence-corrected chi connectivity index (χ0v) is 9.75. The molecule has 0 aromatic carbocycles. The number of nitrogens with zero attached hydrogens (tertiary/aromatic N) is 2. The van der Waals surface area contributed by atoms with Crippen LogP contribution >= 0.6 is 0 Å². The molecule has 0 saturated heterocycles. The summed E-state index contributed by atoms with van der Waals surface area (Å²) in [4.78, 5) is 5.57. The first-order valence-corrected chi connectivity index (χ1v) is 5.19. The normalized spacial score (nSPS) is 12.1. The number of hydrogen-bond acceptors (Lipinski definition) is 3. The van der Waals surface area contributed by atoms with E-state index in [1.54, 1.807) is 20.0 Å². The van der Waals surface area contributed by atoms with E-state index < -0.39 is 12.6 Å². The summed E-state index contributed by atoms with van der Waals surface area (Å²) in [5.41, 5.74) is 1.12. The van der Waals surface area contributed by atoms with Gasteiger partial charge in [-0.1, -0.05) is 0 Å². The van der Waals surface area contributed by atoms with Gasteiger partial charge in [0.05, 0.1) is 12.1 Å². The van der Waals surface area contributed by atoms with Gasteiger partial charge in [-0.25, -0.2) is 0 Å². The number of pyridine rings is 1. The van der Waals surface area contributed by atoms with Gasteiger partial charge in [0.2, 0.25) is 0 Å². The van der Waals surface area contributed by atoms with Crippen LogP contribution in [0, 0.1) is 6.92 Å². The zero-order chi connectivity index (χ0) is 13.1. The molecule has 0 fully saturated rings. The van der Waals surface area contributed by atoms with Crippen LogP contribution < -0.4 is 0 Å². The number of aromatic nitrogens is 1. The third kappa shape index (κ3) is 5.04. The van der Waals surface area contributed by atoms with Crippen LogP contribution in [0.5, 0.6) is 5.75 Å². The Morgan fingerprint density at radius 3 is 2.59 bits per heavy atom. The molecule has 0 aliphatic heterocycles. The molecule has 0 spiro atoms. The van der Waals surface area contributed by atoms with Crippen molar-refractivity contribution in [3.05, 3.63) is 23.5 Å². The van der Waals surface area contributed by atoms with Gasteiger partial charge in [-0.2, -0.15) is 13.2 Å². The molecule has 0 amide bonds. The number of aryl methyl sites for hydroxylation is 1. The van der Waals surface area contributed by atoms with Crippen molar-refractivity contribution in [2.45, 2.75) is 26.1 Å². The molecular formula is C11H15F3N2O. The molecule has 0 aliphatic rings. The highest BCUT2D eigenvalue weighted by Gasteiger charge is 2.27. The van der Waals surface area contributed by atoms with E-state index in [9.17, 15) is 18.3 Å². The maximum atomic E-state index is 12.0. The molecule has 0 bridgehead atoms. The van der Waals surface area contributed by atoms with Gasteiger partial charge in [-0.15, -0.1) is 0 Å². The van der Waals surface area contributed by atoms with Crippen molar-refractivity contribution in [1.29, 1.82) is 0 Å². The lowest BCUT2D eigenvalue weighted by Gasteiger charge is -2.17. The standard InChI is InChI=1S/C11H15F3N2O/c1-8-3-4-10(17)9(15-8)7-16(2)6-5-11(12,13)14/h3-4,17H,5-7H2,1-2H3. The molecule has 6 heteroatoms. The second kappa shape index (κ2) is 5.35. The average molecular weight is 248 g/mol. The minimum Gasteiger partial charge on any atom is -0.506 e. The van der Waals surface area contributed by atoms with Crippen LogP contribution in [0.25, 0.3) is 0 Å². The van der Waals surface area contributed by atoms with E-state index in [-0.39, 0.29) is 18.8 Å². The Bertz CT molecular complexity index is 379. The van der Waals surface area contributed by atoms with Crippen molar-refractivity contribution in [3.63, 3.8) is 0 Å². The third-order valence-corrected chi connectivity index (χ3v) is 2.29. The molecular weight excluding hydrogens is 233 g/mol. The zero-order valence-electron chi connectivity index (χ0n) is 9.75. The van der Waals surface area contributed by atoms with E-state index in [4.69, 9.17) is 0 Å². The van der Waals surface area contributed by atoms with Gasteiger partial charge in [0.1, 0.15) is 5.75 Å². The topological polar surface area (TPSA) is 36.4 Å². The van der Waals surface area contributed by atoms with Crippen LogP contribution in [0.3, 0.4) is 0 Å². The highest BCUT2D eigenvalue weighted by atomic mass is 19.4. The lowest BCUT2D eigenvalue weighted by molar-refractivity contribution is -0.137. The van der Waals surface area contributed by atoms with Gasteiger partial charge in [0.15, 0.2) is 0 Å². The molecule has 3 nitrogen and oxygen atoms in total. The predicted molar refractivity (Wildman–Crippen MR) is 57.6 cm³/mol. The van der Waals surface area contributed by atoms with Crippen LogP contribution in [-0.4, -0.2) is 34.8 Å². The Morgan fingerprint density at radius 1 is 1.35 bits per heavy atom. The first kappa shape index (κ1) is 13.8. The number of hydrogen-bond donors (Lipinski definition) is 1. The Kier molecular flexibility index (Phi) is 4.34. The number of halogens is 3. The molecule has 0 aliphatic carbocycles. The van der Waals surface area contributed by atoms with Crippen LogP contribution in [0.2, 0.25) is 0 Å². The van der Waals surface area contributed by atoms with Crippen LogP contribution in [0.4, 0.5) is 13.2 Å². The summed E-state index contributed by atoms with van der Waals surface area (Å²) < 4.78 is 36.0. The summed E-state index contributed by atoms with van der Waals surface area (Å²) >= 11 is 0. The second-order valence-corrected chi connectivity index (χ2v) is 4.02. The van der Waals surface area contributed by atoms with Crippen molar-refractivity contribution < 1.29 is 18.3 Å². The van der Waals surface area contributed by atoms with Gasteiger partial charge in [-0.3, -0.25) is 4.98 Å². The lowest BCUT2D eigenvalue weighted by atomic mass is 10.2. The summed E-state index contributed by atoms with van der Waals surface area (Å²) in [6, 6.07) is 3.14. The first-order chi connectivity index (χ1) is 7.78. The van der Waals surface area contributed by atoms with E-state index in [1.807, 2.05) is 0 Å². The Balaban J connectivity index is 2.56. The summed E-state index contributed by atoms with van der Waals surface area (Å²) in [7, 11) is 1.56. The molecule has 17 heavy (non-hydrogen) atoms. The third-order valence-electron chi connectivity index (χ3n) is 2.29. The number of aromatic hydroxyl groups is 1. The molecule has 1 rings (SSSR count). The van der Waals surface area contributed by atoms with Crippen molar-refractivity contribution in [2.24, 2.45) is 0 Å². The molecule has 0 radical (unpaired) electrons. The Labute approximate surface area is 97.9 Å². The minimum atomic E-state index is -4.16. The van der Waals surface area contributed by atoms with Crippen molar-refractivity contribution in [2.75, 3.05) is 13.6 Å². The minimum absolute atomic E-state index is 0.00876. The SMILES string of the molecule is Cc1ccc(O)c(CN(C)CCC(F)(F)F)n1. The van der Waals surface area contributed by atoms with E-state index in [2.05, 4.69) is 4.98 Å². The second-order valence-electron chi connectivity index (χ2n) is 4.02. The molecule has 0 saturated carbocycles. The fraction of sp³-hybridized carbons (Fsp3) is 0.545. The van der Waals surface area contributed by atoms with Crippen molar-refractivity contribution >= 4 is 0 Å². The lowest BCUT2D eigenvalue weighted by Crippen LogP contribution is -2.24. The van der Waals surface area contributed by atoms with E-state index in [0.717, 1.165) is 5.69 Å². The van der Waals surface area contributed by atoms with Gasteiger partial charge < -0.3 is 10.0 Å². The highest BCUT2D eigenvalue weighted by Crippen LogP contribution is 2.21. The largest absolute Gasteiger partial charge is 0.506 e.